The molecule has 2 aromatic carbocycles. The van der Waals surface area contributed by atoms with Gasteiger partial charge in [-0.05, 0) is 24.3 Å². The second-order valence-electron chi connectivity index (χ2n) is 5.41. The number of fused-ring (bicyclic) bond motifs is 1. The summed E-state index contributed by atoms with van der Waals surface area (Å²) in [5, 5.41) is 1.02. The number of rotatable bonds is 5. The van der Waals surface area contributed by atoms with Gasteiger partial charge in [0.25, 0.3) is 0 Å². The zero-order chi connectivity index (χ0) is 17.3. The molecule has 0 atom stereocenters. The molecule has 0 aliphatic heterocycles. The molecule has 1 aromatic heterocycles. The maximum atomic E-state index is 13.1. The molecule has 0 aliphatic rings. The number of methoxy groups -OCH3 is 3. The topological polar surface area (TPSA) is 49.7 Å². The molecule has 0 aliphatic carbocycles. The van der Waals surface area contributed by atoms with E-state index in [1.54, 1.807) is 12.1 Å². The van der Waals surface area contributed by atoms with Crippen LogP contribution in [0.3, 0.4) is 0 Å². The molecule has 3 rings (SSSR count). The first-order valence-electron chi connectivity index (χ1n) is 7.49. The predicted molar refractivity (Wildman–Crippen MR) is 92.4 cm³/mol. The summed E-state index contributed by atoms with van der Waals surface area (Å²) in [4.78, 5) is 13.1. The third-order valence-corrected chi connectivity index (χ3v) is 4.07. The SMILES string of the molecule is COc1cc(C(=O)c2cccc3ccn(C)c23)cc(OC)c1OC. The third kappa shape index (κ3) is 2.48. The van der Waals surface area contributed by atoms with Gasteiger partial charge in [0.1, 0.15) is 0 Å². The van der Waals surface area contributed by atoms with Crippen LogP contribution in [0.4, 0.5) is 0 Å². The summed E-state index contributed by atoms with van der Waals surface area (Å²) < 4.78 is 17.9. The molecule has 0 saturated heterocycles. The number of benzene rings is 2. The van der Waals surface area contributed by atoms with E-state index >= 15 is 0 Å². The monoisotopic (exact) mass is 325 g/mol. The zero-order valence-corrected chi connectivity index (χ0v) is 14.1. The fraction of sp³-hybridized carbons (Fsp3) is 0.211. The van der Waals surface area contributed by atoms with Crippen molar-refractivity contribution in [3.8, 4) is 17.2 Å². The average molecular weight is 325 g/mol. The Bertz CT molecular complexity index is 886. The van der Waals surface area contributed by atoms with Crippen LogP contribution in [0, 0.1) is 0 Å². The van der Waals surface area contributed by atoms with Crippen molar-refractivity contribution in [3.05, 3.63) is 53.7 Å². The Kier molecular flexibility index (Phi) is 4.16. The first-order valence-corrected chi connectivity index (χ1v) is 7.49. The van der Waals surface area contributed by atoms with Gasteiger partial charge in [-0.25, -0.2) is 0 Å². The Morgan fingerprint density at radius 1 is 0.958 bits per heavy atom. The molecule has 124 valence electrons. The van der Waals surface area contributed by atoms with Gasteiger partial charge >= 0.3 is 0 Å². The minimum Gasteiger partial charge on any atom is -0.493 e. The summed E-state index contributed by atoms with van der Waals surface area (Å²) in [6.45, 7) is 0. The lowest BCUT2D eigenvalue weighted by atomic mass is 10.0. The molecule has 0 amide bonds. The highest BCUT2D eigenvalue weighted by Gasteiger charge is 2.20. The van der Waals surface area contributed by atoms with E-state index in [-0.39, 0.29) is 5.78 Å². The number of ketones is 1. The molecule has 0 radical (unpaired) electrons. The quantitative estimate of drug-likeness (QED) is 0.674. The van der Waals surface area contributed by atoms with Crippen LogP contribution in [0.25, 0.3) is 10.9 Å². The number of carbonyl (C=O) groups excluding carboxylic acids is 1. The highest BCUT2D eigenvalue weighted by molar-refractivity contribution is 6.16. The molecule has 0 fully saturated rings. The van der Waals surface area contributed by atoms with Gasteiger partial charge < -0.3 is 18.8 Å². The van der Waals surface area contributed by atoms with Crippen molar-refractivity contribution in [1.29, 1.82) is 0 Å². The first-order chi connectivity index (χ1) is 11.6. The minimum atomic E-state index is -0.0957. The first kappa shape index (κ1) is 15.9. The molecule has 24 heavy (non-hydrogen) atoms. The van der Waals surface area contributed by atoms with Gasteiger partial charge in [0.2, 0.25) is 5.75 Å². The van der Waals surface area contributed by atoms with Crippen LogP contribution in [0.2, 0.25) is 0 Å². The Balaban J connectivity index is 2.17. The van der Waals surface area contributed by atoms with Crippen molar-refractivity contribution in [2.24, 2.45) is 7.05 Å². The zero-order valence-electron chi connectivity index (χ0n) is 14.1. The molecule has 0 N–H and O–H groups in total. The molecule has 0 bridgehead atoms. The lowest BCUT2D eigenvalue weighted by Gasteiger charge is -2.14. The van der Waals surface area contributed by atoms with E-state index in [0.717, 1.165) is 10.9 Å². The molecule has 1 heterocycles. The Morgan fingerprint density at radius 2 is 1.62 bits per heavy atom. The number of hydrogen-bond donors (Lipinski definition) is 0. The molecule has 3 aromatic rings. The van der Waals surface area contributed by atoms with Crippen molar-refractivity contribution >= 4 is 16.7 Å². The molecule has 0 saturated carbocycles. The van der Waals surface area contributed by atoms with Crippen molar-refractivity contribution in [2.75, 3.05) is 21.3 Å². The summed E-state index contributed by atoms with van der Waals surface area (Å²) in [6, 6.07) is 11.0. The van der Waals surface area contributed by atoms with Gasteiger partial charge in [0.15, 0.2) is 17.3 Å². The molecular formula is C19H19NO4. The van der Waals surface area contributed by atoms with Crippen molar-refractivity contribution in [2.45, 2.75) is 0 Å². The van der Waals surface area contributed by atoms with E-state index in [9.17, 15) is 4.79 Å². The van der Waals surface area contributed by atoms with Crippen LogP contribution in [-0.2, 0) is 7.05 Å². The van der Waals surface area contributed by atoms with E-state index in [4.69, 9.17) is 14.2 Å². The smallest absolute Gasteiger partial charge is 0.203 e. The second-order valence-corrected chi connectivity index (χ2v) is 5.41. The van der Waals surface area contributed by atoms with Crippen LogP contribution < -0.4 is 14.2 Å². The van der Waals surface area contributed by atoms with E-state index in [1.165, 1.54) is 21.3 Å². The molecule has 5 nitrogen and oxygen atoms in total. The van der Waals surface area contributed by atoms with E-state index in [0.29, 0.717) is 28.4 Å². The number of aromatic nitrogens is 1. The van der Waals surface area contributed by atoms with Crippen molar-refractivity contribution in [3.63, 3.8) is 0 Å². The van der Waals surface area contributed by atoms with Gasteiger partial charge in [-0.1, -0.05) is 12.1 Å². The summed E-state index contributed by atoms with van der Waals surface area (Å²) in [5.74, 6) is 1.29. The van der Waals surface area contributed by atoms with Gasteiger partial charge in [0, 0.05) is 29.8 Å². The van der Waals surface area contributed by atoms with E-state index in [2.05, 4.69) is 0 Å². The van der Waals surface area contributed by atoms with Crippen LogP contribution >= 0.6 is 0 Å². The summed E-state index contributed by atoms with van der Waals surface area (Å²) in [5.41, 5.74) is 2.02. The highest BCUT2D eigenvalue weighted by Crippen LogP contribution is 2.39. The number of aryl methyl sites for hydroxylation is 1. The van der Waals surface area contributed by atoms with Crippen LogP contribution in [0.15, 0.2) is 42.6 Å². The van der Waals surface area contributed by atoms with Crippen LogP contribution in [0.1, 0.15) is 15.9 Å². The summed E-state index contributed by atoms with van der Waals surface area (Å²) in [6.07, 6.45) is 1.94. The standard InChI is InChI=1S/C19H19NO4/c1-20-9-8-12-6-5-7-14(17(12)20)18(21)13-10-15(22-2)19(24-4)16(11-13)23-3/h5-11H,1-4H3. The van der Waals surface area contributed by atoms with Crippen LogP contribution in [0.5, 0.6) is 17.2 Å². The van der Waals surface area contributed by atoms with E-state index < -0.39 is 0 Å². The van der Waals surface area contributed by atoms with Crippen molar-refractivity contribution in [1.82, 2.24) is 4.57 Å². The van der Waals surface area contributed by atoms with Gasteiger partial charge in [-0.2, -0.15) is 0 Å². The molecule has 5 heteroatoms. The largest absolute Gasteiger partial charge is 0.493 e. The maximum Gasteiger partial charge on any atom is 0.203 e. The Hall–Kier alpha value is -2.95. The number of para-hydroxylation sites is 1. The minimum absolute atomic E-state index is 0.0957. The number of carbonyl (C=O) groups is 1. The fourth-order valence-electron chi connectivity index (χ4n) is 2.91. The number of nitrogens with zero attached hydrogens (tertiary/aromatic N) is 1. The normalized spacial score (nSPS) is 10.7. The molecular weight excluding hydrogens is 306 g/mol. The lowest BCUT2D eigenvalue weighted by Crippen LogP contribution is -2.06. The van der Waals surface area contributed by atoms with Crippen molar-refractivity contribution < 1.29 is 19.0 Å². The number of hydrogen-bond acceptors (Lipinski definition) is 4. The molecule has 0 spiro atoms. The third-order valence-electron chi connectivity index (χ3n) is 4.07. The number of ether oxygens (including phenoxy) is 3. The molecule has 0 unspecified atom stereocenters. The summed E-state index contributed by atoms with van der Waals surface area (Å²) >= 11 is 0. The van der Waals surface area contributed by atoms with Crippen LogP contribution in [-0.4, -0.2) is 31.7 Å². The fourth-order valence-corrected chi connectivity index (χ4v) is 2.91. The Labute approximate surface area is 140 Å². The van der Waals surface area contributed by atoms with Gasteiger partial charge in [-0.3, -0.25) is 4.79 Å². The maximum absolute atomic E-state index is 13.1. The van der Waals surface area contributed by atoms with E-state index in [1.807, 2.05) is 42.1 Å². The Morgan fingerprint density at radius 3 is 2.21 bits per heavy atom. The lowest BCUT2D eigenvalue weighted by molar-refractivity contribution is 0.103. The average Bonchev–Trinajstić information content (AvgIpc) is 3.01. The second kappa shape index (κ2) is 6.28. The predicted octanol–water partition coefficient (Wildman–Crippen LogP) is 3.44. The highest BCUT2D eigenvalue weighted by atomic mass is 16.5. The summed E-state index contributed by atoms with van der Waals surface area (Å²) in [7, 11) is 6.52. The van der Waals surface area contributed by atoms with Gasteiger partial charge in [-0.15, -0.1) is 0 Å². The van der Waals surface area contributed by atoms with Gasteiger partial charge in [0.05, 0.1) is 26.8 Å².